The van der Waals surface area contributed by atoms with Gasteiger partial charge in [-0.15, -0.1) is 0 Å². The normalized spacial score (nSPS) is 11.8. The molecule has 5 nitrogen and oxygen atoms in total. The Morgan fingerprint density at radius 1 is 0.304 bits per heavy atom. The molecule has 0 aliphatic rings. The Balaban J connectivity index is 1.55. The smallest absolute Gasteiger partial charge is 0.203 e. The van der Waals surface area contributed by atoms with Crippen LogP contribution in [0.1, 0.15) is 354 Å². The number of aliphatic hydroxyl groups is 1. The monoisotopic (exact) mass is 1100 g/mol. The predicted octanol–water partition coefficient (Wildman–Crippen LogP) is 24.6. The molecule has 3 aromatic carbocycles. The fourth-order valence-corrected chi connectivity index (χ4v) is 11.4. The van der Waals surface area contributed by atoms with Gasteiger partial charge in [0.15, 0.2) is 11.5 Å². The molecule has 0 aromatic heterocycles. The lowest BCUT2D eigenvalue weighted by Crippen LogP contribution is -2.14. The number of hydrogen-bond acceptors (Lipinski definition) is 5. The molecule has 0 radical (unpaired) electrons. The Morgan fingerprint density at radius 2 is 0.582 bits per heavy atom. The van der Waals surface area contributed by atoms with Gasteiger partial charge in [-0.25, -0.2) is 0 Å². The predicted molar refractivity (Wildman–Crippen MR) is 345 cm³/mol. The van der Waals surface area contributed by atoms with Crippen molar-refractivity contribution in [2.24, 2.45) is 0 Å². The quantitative estimate of drug-likeness (QED) is 0.0571. The average molecular weight is 1100 g/mol. The van der Waals surface area contributed by atoms with Crippen molar-refractivity contribution >= 4 is 10.8 Å². The number of unbranched alkanes of at least 4 members (excludes halogenated alkanes) is 45. The minimum atomic E-state index is -0.886. The number of rotatable bonds is 58. The van der Waals surface area contributed by atoms with Gasteiger partial charge in [-0.2, -0.15) is 0 Å². The molecule has 3 rings (SSSR count). The average Bonchev–Trinajstić information content (AvgIpc) is 3.45. The molecule has 0 atom stereocenters. The second-order valence-corrected chi connectivity index (χ2v) is 24.9. The van der Waals surface area contributed by atoms with Crippen LogP contribution in [0.5, 0.6) is 23.0 Å². The van der Waals surface area contributed by atoms with E-state index in [1.165, 1.54) is 289 Å². The van der Waals surface area contributed by atoms with Crippen LogP contribution in [0.15, 0.2) is 48.5 Å². The third-order valence-corrected chi connectivity index (χ3v) is 16.8. The zero-order valence-electron chi connectivity index (χ0n) is 53.0. The molecule has 0 aliphatic heterocycles. The molecule has 0 unspecified atom stereocenters. The van der Waals surface area contributed by atoms with E-state index in [0.29, 0.717) is 26.4 Å². The highest BCUT2D eigenvalue weighted by Crippen LogP contribution is 2.40. The van der Waals surface area contributed by atoms with Gasteiger partial charge in [0, 0.05) is 0 Å². The summed E-state index contributed by atoms with van der Waals surface area (Å²) >= 11 is 0. The minimum Gasteiger partial charge on any atom is -0.490 e. The van der Waals surface area contributed by atoms with E-state index in [4.69, 9.17) is 18.9 Å². The molecule has 0 aliphatic carbocycles. The molecule has 0 saturated heterocycles. The third kappa shape index (κ3) is 37.7. The Kier molecular flexibility index (Phi) is 44.2. The van der Waals surface area contributed by atoms with E-state index < -0.39 is 5.60 Å². The van der Waals surface area contributed by atoms with Crippen LogP contribution in [0, 0.1) is 0 Å². The third-order valence-electron chi connectivity index (χ3n) is 16.8. The van der Waals surface area contributed by atoms with Gasteiger partial charge in [-0.3, -0.25) is 0 Å². The number of benzene rings is 3. The summed E-state index contributed by atoms with van der Waals surface area (Å²) in [5, 5.41) is 12.8. The zero-order valence-corrected chi connectivity index (χ0v) is 53.0. The largest absolute Gasteiger partial charge is 0.490 e. The number of hydrogen-bond donors (Lipinski definition) is 1. The minimum absolute atomic E-state index is 0.400. The summed E-state index contributed by atoms with van der Waals surface area (Å²) in [7, 11) is 0. The SMILES string of the molecule is CCCCCCCCCCCCCCCCCCOc1cc(COc2ccc3cc(C(C)(C)O)ccc3c2)cc(OCCCCCCCCCCCCCCCCCC)c1OCCCCCCCCCCCCCCCCCC. The van der Waals surface area contributed by atoms with Crippen LogP contribution in [0.2, 0.25) is 0 Å². The molecule has 3 aromatic rings. The summed E-state index contributed by atoms with van der Waals surface area (Å²) in [6, 6.07) is 16.7. The second-order valence-electron chi connectivity index (χ2n) is 24.9. The van der Waals surface area contributed by atoms with E-state index in [9.17, 15) is 5.11 Å². The van der Waals surface area contributed by atoms with Crippen molar-refractivity contribution in [2.45, 2.75) is 355 Å². The standard InChI is InChI=1S/C74H128O5/c1-6-9-12-15-18-21-24-27-30-33-36-39-42-45-48-51-58-76-71-61-66(65-79-70-57-55-67-63-69(74(4,5)75)56-54-68(67)64-70)62-72(77-59-52-49-46-43-40-37-34-31-28-25-22-19-16-13-10-7-2)73(71)78-60-53-50-47-44-41-38-35-32-29-26-23-20-17-14-11-8-3/h54-57,61-64,75H,6-53,58-60,65H2,1-5H3. The van der Waals surface area contributed by atoms with Crippen molar-refractivity contribution in [3.05, 3.63) is 59.7 Å². The molecule has 0 fully saturated rings. The molecule has 5 heteroatoms. The molecule has 0 amide bonds. The Bertz CT molecular complexity index is 1750. The first-order valence-corrected chi connectivity index (χ1v) is 34.8. The summed E-state index contributed by atoms with van der Waals surface area (Å²) in [6.07, 6.45) is 65.2. The van der Waals surface area contributed by atoms with Crippen molar-refractivity contribution in [2.75, 3.05) is 19.8 Å². The van der Waals surface area contributed by atoms with Crippen LogP contribution in [0.4, 0.5) is 0 Å². The molecular weight excluding hydrogens is 969 g/mol. The van der Waals surface area contributed by atoms with E-state index in [-0.39, 0.29) is 0 Å². The molecular formula is C74H128O5. The van der Waals surface area contributed by atoms with E-state index >= 15 is 0 Å². The van der Waals surface area contributed by atoms with Crippen LogP contribution in [0.25, 0.3) is 10.8 Å². The molecule has 454 valence electrons. The molecule has 79 heavy (non-hydrogen) atoms. The first-order valence-electron chi connectivity index (χ1n) is 34.8. The number of fused-ring (bicyclic) bond motifs is 1. The Labute approximate surface area is 490 Å². The van der Waals surface area contributed by atoms with Crippen molar-refractivity contribution < 1.29 is 24.1 Å². The first kappa shape index (κ1) is 70.3. The number of ether oxygens (including phenoxy) is 4. The summed E-state index contributed by atoms with van der Waals surface area (Å²) in [5.74, 6) is 3.17. The zero-order chi connectivity index (χ0) is 56.4. The topological polar surface area (TPSA) is 57.2 Å². The van der Waals surface area contributed by atoms with E-state index in [1.807, 2.05) is 26.0 Å². The van der Waals surface area contributed by atoms with Crippen LogP contribution >= 0.6 is 0 Å². The molecule has 0 saturated carbocycles. The maximum atomic E-state index is 10.6. The fourth-order valence-electron chi connectivity index (χ4n) is 11.4. The van der Waals surface area contributed by atoms with Gasteiger partial charge in [0.05, 0.1) is 25.4 Å². The van der Waals surface area contributed by atoms with Gasteiger partial charge < -0.3 is 24.1 Å². The van der Waals surface area contributed by atoms with Crippen LogP contribution in [0.3, 0.4) is 0 Å². The van der Waals surface area contributed by atoms with Gasteiger partial charge in [0.25, 0.3) is 0 Å². The Hall–Kier alpha value is -2.92. The fraction of sp³-hybridized carbons (Fsp3) is 0.784. The highest BCUT2D eigenvalue weighted by atomic mass is 16.5. The summed E-state index contributed by atoms with van der Waals surface area (Å²) < 4.78 is 26.7. The second kappa shape index (κ2) is 49.7. The molecule has 0 bridgehead atoms. The van der Waals surface area contributed by atoms with Gasteiger partial charge >= 0.3 is 0 Å². The van der Waals surface area contributed by atoms with Crippen LogP contribution < -0.4 is 18.9 Å². The maximum Gasteiger partial charge on any atom is 0.203 e. The lowest BCUT2D eigenvalue weighted by molar-refractivity contribution is 0.0787. The molecule has 1 N–H and O–H groups in total. The summed E-state index contributed by atoms with van der Waals surface area (Å²) in [5.41, 5.74) is 1.05. The highest BCUT2D eigenvalue weighted by molar-refractivity contribution is 5.84. The van der Waals surface area contributed by atoms with E-state index in [1.54, 1.807) is 0 Å². The van der Waals surface area contributed by atoms with Crippen molar-refractivity contribution in [1.82, 2.24) is 0 Å². The van der Waals surface area contributed by atoms with Gasteiger partial charge in [-0.05, 0) is 85.3 Å². The lowest BCUT2D eigenvalue weighted by atomic mass is 9.95. The van der Waals surface area contributed by atoms with Crippen molar-refractivity contribution in [3.63, 3.8) is 0 Å². The van der Waals surface area contributed by atoms with E-state index in [2.05, 4.69) is 57.2 Å². The van der Waals surface area contributed by atoms with Crippen molar-refractivity contribution in [3.8, 4) is 23.0 Å². The van der Waals surface area contributed by atoms with Crippen molar-refractivity contribution in [1.29, 1.82) is 0 Å². The first-order chi connectivity index (χ1) is 38.9. The van der Waals surface area contributed by atoms with Crippen LogP contribution in [-0.4, -0.2) is 24.9 Å². The van der Waals surface area contributed by atoms with Gasteiger partial charge in [0.2, 0.25) is 5.75 Å². The van der Waals surface area contributed by atoms with E-state index in [0.717, 1.165) is 64.2 Å². The van der Waals surface area contributed by atoms with Crippen LogP contribution in [-0.2, 0) is 12.2 Å². The summed E-state index contributed by atoms with van der Waals surface area (Å²) in [6.45, 7) is 13.0. The summed E-state index contributed by atoms with van der Waals surface area (Å²) in [4.78, 5) is 0. The van der Waals surface area contributed by atoms with Gasteiger partial charge in [-0.1, -0.05) is 328 Å². The van der Waals surface area contributed by atoms with Gasteiger partial charge in [0.1, 0.15) is 12.4 Å². The molecule has 0 spiro atoms. The Morgan fingerprint density at radius 3 is 0.899 bits per heavy atom. The molecule has 0 heterocycles. The lowest BCUT2D eigenvalue weighted by Gasteiger charge is -2.19. The highest BCUT2D eigenvalue weighted by Gasteiger charge is 2.18. The maximum absolute atomic E-state index is 10.6.